The van der Waals surface area contributed by atoms with Crippen LogP contribution in [-0.2, 0) is 0 Å². The summed E-state index contributed by atoms with van der Waals surface area (Å²) in [5.41, 5.74) is 18.6. The number of hydrogen-bond acceptors (Lipinski definition) is 1. The molecule has 11 aromatic carbocycles. The van der Waals surface area contributed by atoms with E-state index in [9.17, 15) is 0 Å². The molecule has 0 N–H and O–H groups in total. The van der Waals surface area contributed by atoms with Crippen molar-refractivity contribution in [2.75, 3.05) is 4.90 Å². The van der Waals surface area contributed by atoms with Gasteiger partial charge in [-0.15, -0.1) is 0 Å². The van der Waals surface area contributed by atoms with Crippen LogP contribution in [0.15, 0.2) is 267 Å². The Balaban J connectivity index is 0.991. The molecule has 12 rings (SSSR count). The number of benzene rings is 11. The molecule has 66 heavy (non-hydrogen) atoms. The molecule has 0 amide bonds. The Morgan fingerprint density at radius 3 is 1.44 bits per heavy atom. The first kappa shape index (κ1) is 38.9. The number of anilines is 3. The van der Waals surface area contributed by atoms with Crippen molar-refractivity contribution in [3.05, 3.63) is 267 Å². The van der Waals surface area contributed by atoms with Crippen molar-refractivity contribution in [1.29, 1.82) is 0 Å². The molecule has 12 aromatic rings. The van der Waals surface area contributed by atoms with Gasteiger partial charge in [-0.3, -0.25) is 0 Å². The van der Waals surface area contributed by atoms with Crippen molar-refractivity contribution in [1.82, 2.24) is 4.57 Å². The molecule has 310 valence electrons. The van der Waals surface area contributed by atoms with Crippen molar-refractivity contribution < 1.29 is 0 Å². The molecule has 2 nitrogen and oxygen atoms in total. The maximum Gasteiger partial charge on any atom is 0.0541 e. The molecule has 0 unspecified atom stereocenters. The zero-order valence-electron chi connectivity index (χ0n) is 36.3. The summed E-state index contributed by atoms with van der Waals surface area (Å²) in [6, 6.07) is 96.9. The second kappa shape index (κ2) is 16.8. The zero-order chi connectivity index (χ0) is 43.8. The van der Waals surface area contributed by atoms with E-state index in [1.54, 1.807) is 0 Å². The average Bonchev–Trinajstić information content (AvgIpc) is 3.74. The Kier molecular flexibility index (Phi) is 9.89. The summed E-state index contributed by atoms with van der Waals surface area (Å²) in [5, 5.41) is 5.02. The van der Waals surface area contributed by atoms with Gasteiger partial charge in [0.1, 0.15) is 0 Å². The van der Waals surface area contributed by atoms with Gasteiger partial charge in [0.2, 0.25) is 0 Å². The minimum atomic E-state index is 1.07. The molecule has 0 aliphatic carbocycles. The Bertz CT molecular complexity index is 3620. The predicted octanol–water partition coefficient (Wildman–Crippen LogP) is 17.7. The lowest BCUT2D eigenvalue weighted by atomic mass is 9.92. The molecule has 0 fully saturated rings. The largest absolute Gasteiger partial charge is 0.310 e. The second-order valence-corrected chi connectivity index (χ2v) is 16.9. The molecule has 0 spiro atoms. The molecule has 0 bridgehead atoms. The van der Waals surface area contributed by atoms with Gasteiger partial charge < -0.3 is 9.47 Å². The fourth-order valence-corrected chi connectivity index (χ4v) is 9.87. The number of fused-ring (bicyclic) bond motifs is 4. The Labute approximate surface area is 385 Å². The van der Waals surface area contributed by atoms with E-state index in [4.69, 9.17) is 0 Å². The molecule has 0 radical (unpaired) electrons. The predicted molar refractivity (Wildman–Crippen MR) is 280 cm³/mol. The first-order valence-corrected chi connectivity index (χ1v) is 22.7. The lowest BCUT2D eigenvalue weighted by Crippen LogP contribution is -2.10. The Hall–Kier alpha value is -8.72. The summed E-state index contributed by atoms with van der Waals surface area (Å²) in [6.45, 7) is 0. The van der Waals surface area contributed by atoms with Crippen LogP contribution in [0.5, 0.6) is 0 Å². The van der Waals surface area contributed by atoms with Crippen LogP contribution in [0.4, 0.5) is 17.1 Å². The SMILES string of the molecule is c1ccc(-c2cccc(N(c3ccc(-c4ccc(-c5cccc6ccccc56)cc4)cc3)c3ccc(-c4ccccc4-n4c5ccccc5c5ccccc54)c(-c4ccccc4)c3)c2)cc1. The van der Waals surface area contributed by atoms with Gasteiger partial charge in [-0.05, 0) is 115 Å². The molecule has 1 heterocycles. The smallest absolute Gasteiger partial charge is 0.0541 e. The van der Waals surface area contributed by atoms with Crippen molar-refractivity contribution >= 4 is 49.6 Å². The topological polar surface area (TPSA) is 8.17 Å². The fourth-order valence-electron chi connectivity index (χ4n) is 9.87. The molecule has 0 atom stereocenters. The van der Waals surface area contributed by atoms with Crippen LogP contribution in [0.25, 0.3) is 93.9 Å². The third-order valence-electron chi connectivity index (χ3n) is 13.0. The fraction of sp³-hybridized carbons (Fsp3) is 0. The first-order chi connectivity index (χ1) is 32.7. The van der Waals surface area contributed by atoms with Gasteiger partial charge in [-0.1, -0.05) is 212 Å². The minimum absolute atomic E-state index is 1.07. The monoisotopic (exact) mass is 840 g/mol. The van der Waals surface area contributed by atoms with E-state index in [1.807, 2.05) is 0 Å². The van der Waals surface area contributed by atoms with Gasteiger partial charge in [-0.25, -0.2) is 0 Å². The number of hydrogen-bond donors (Lipinski definition) is 0. The van der Waals surface area contributed by atoms with Gasteiger partial charge in [-0.2, -0.15) is 0 Å². The van der Waals surface area contributed by atoms with E-state index >= 15 is 0 Å². The summed E-state index contributed by atoms with van der Waals surface area (Å²) in [6.07, 6.45) is 0. The third-order valence-corrected chi connectivity index (χ3v) is 13.0. The molecule has 0 aliphatic heterocycles. The normalized spacial score (nSPS) is 11.3. The molecule has 1 aromatic heterocycles. The van der Waals surface area contributed by atoms with Crippen molar-refractivity contribution in [2.24, 2.45) is 0 Å². The van der Waals surface area contributed by atoms with E-state index in [-0.39, 0.29) is 0 Å². The zero-order valence-corrected chi connectivity index (χ0v) is 36.3. The average molecular weight is 841 g/mol. The third kappa shape index (κ3) is 7.02. The van der Waals surface area contributed by atoms with Crippen molar-refractivity contribution in [3.63, 3.8) is 0 Å². The van der Waals surface area contributed by atoms with E-state index in [2.05, 4.69) is 276 Å². The highest BCUT2D eigenvalue weighted by Crippen LogP contribution is 2.44. The van der Waals surface area contributed by atoms with Gasteiger partial charge >= 0.3 is 0 Å². The maximum atomic E-state index is 2.43. The van der Waals surface area contributed by atoms with Crippen LogP contribution in [0.2, 0.25) is 0 Å². The van der Waals surface area contributed by atoms with Crippen LogP contribution in [0.3, 0.4) is 0 Å². The molecular weight excluding hydrogens is 797 g/mol. The van der Waals surface area contributed by atoms with Crippen LogP contribution in [0, 0.1) is 0 Å². The maximum absolute atomic E-state index is 2.43. The molecule has 0 saturated heterocycles. The highest BCUT2D eigenvalue weighted by atomic mass is 15.1. The summed E-state index contributed by atoms with van der Waals surface area (Å²) >= 11 is 0. The lowest BCUT2D eigenvalue weighted by molar-refractivity contribution is 1.18. The van der Waals surface area contributed by atoms with E-state index in [0.717, 1.165) is 33.9 Å². The van der Waals surface area contributed by atoms with Crippen LogP contribution < -0.4 is 4.90 Å². The summed E-state index contributed by atoms with van der Waals surface area (Å²) in [7, 11) is 0. The molecule has 2 heteroatoms. The second-order valence-electron chi connectivity index (χ2n) is 16.9. The lowest BCUT2D eigenvalue weighted by Gasteiger charge is -2.28. The van der Waals surface area contributed by atoms with Gasteiger partial charge in [0.05, 0.1) is 16.7 Å². The number of rotatable bonds is 9. The highest BCUT2D eigenvalue weighted by Gasteiger charge is 2.21. The molecular formula is C64H44N2. The Morgan fingerprint density at radius 1 is 0.242 bits per heavy atom. The van der Waals surface area contributed by atoms with Crippen molar-refractivity contribution in [2.45, 2.75) is 0 Å². The minimum Gasteiger partial charge on any atom is -0.310 e. The summed E-state index contributed by atoms with van der Waals surface area (Å²) < 4.78 is 2.43. The van der Waals surface area contributed by atoms with Crippen LogP contribution in [0.1, 0.15) is 0 Å². The number of nitrogens with zero attached hydrogens (tertiary/aromatic N) is 2. The van der Waals surface area contributed by atoms with Gasteiger partial charge in [0.25, 0.3) is 0 Å². The van der Waals surface area contributed by atoms with Crippen LogP contribution >= 0.6 is 0 Å². The molecule has 0 aliphatic rings. The summed E-state index contributed by atoms with van der Waals surface area (Å²) in [5.74, 6) is 0. The molecule has 0 saturated carbocycles. The quantitative estimate of drug-likeness (QED) is 0.141. The number of para-hydroxylation sites is 3. The van der Waals surface area contributed by atoms with Gasteiger partial charge in [0.15, 0.2) is 0 Å². The number of aromatic nitrogens is 1. The van der Waals surface area contributed by atoms with E-state index < -0.39 is 0 Å². The van der Waals surface area contributed by atoms with Crippen molar-refractivity contribution in [3.8, 4) is 61.3 Å². The first-order valence-electron chi connectivity index (χ1n) is 22.7. The standard InChI is InChI=1S/C64H44N2/c1-3-17-45(18-4-1)51-23-15-24-53(43-51)65(52-39-37-47(38-40-52)46-33-35-50(36-34-46)56-29-16-22-48-21-7-8-25-55(48)56)54-41-42-57(61(44-54)49-19-5-2-6-20-49)58-26-9-12-30-62(58)66-63-31-13-10-27-59(63)60-28-11-14-32-64(60)66/h1-44H. The van der Waals surface area contributed by atoms with E-state index in [1.165, 1.54) is 77.1 Å². The van der Waals surface area contributed by atoms with Crippen LogP contribution in [-0.4, -0.2) is 4.57 Å². The van der Waals surface area contributed by atoms with Gasteiger partial charge in [0, 0.05) is 33.4 Å². The summed E-state index contributed by atoms with van der Waals surface area (Å²) in [4.78, 5) is 2.40. The van der Waals surface area contributed by atoms with E-state index in [0.29, 0.717) is 0 Å². The highest BCUT2D eigenvalue weighted by molar-refractivity contribution is 6.10. The Morgan fingerprint density at radius 2 is 0.712 bits per heavy atom.